The number of phenolic OH excluding ortho intramolecular Hbond substituents is 1. The molecule has 19 heavy (non-hydrogen) atoms. The molecule has 0 spiro atoms. The van der Waals surface area contributed by atoms with E-state index in [1.54, 1.807) is 37.4 Å². The second-order valence-electron chi connectivity index (χ2n) is 4.09. The summed E-state index contributed by atoms with van der Waals surface area (Å²) in [6, 6.07) is 11.3. The van der Waals surface area contributed by atoms with Gasteiger partial charge in [-0.3, -0.25) is 4.79 Å². The second-order valence-corrected chi connectivity index (χ2v) is 4.47. The number of nitrogens with zero attached hydrogens (tertiary/aromatic N) is 1. The minimum atomic E-state index is -0.261. The molecule has 2 aromatic carbocycles. The Bertz CT molecular complexity index is 611. The van der Waals surface area contributed by atoms with Crippen LogP contribution in [0.3, 0.4) is 0 Å². The number of carbonyl (C=O) groups excluding carboxylic acids is 1. The van der Waals surface area contributed by atoms with Gasteiger partial charge < -0.3 is 15.7 Å². The summed E-state index contributed by atoms with van der Waals surface area (Å²) in [5.74, 6) is -0.116. The van der Waals surface area contributed by atoms with Crippen LogP contribution >= 0.6 is 11.6 Å². The summed E-state index contributed by atoms with van der Waals surface area (Å²) in [6.07, 6.45) is 0. The van der Waals surface area contributed by atoms with Gasteiger partial charge in [-0.15, -0.1) is 0 Å². The molecule has 0 bridgehead atoms. The molecular weight excluding hydrogens is 264 g/mol. The first-order chi connectivity index (χ1) is 9.00. The van der Waals surface area contributed by atoms with Gasteiger partial charge in [-0.25, -0.2) is 0 Å². The summed E-state index contributed by atoms with van der Waals surface area (Å²) < 4.78 is 0. The van der Waals surface area contributed by atoms with Gasteiger partial charge in [0, 0.05) is 12.7 Å². The van der Waals surface area contributed by atoms with Crippen molar-refractivity contribution < 1.29 is 9.90 Å². The smallest absolute Gasteiger partial charge is 0.259 e. The van der Waals surface area contributed by atoms with Crippen molar-refractivity contribution in [1.29, 1.82) is 0 Å². The monoisotopic (exact) mass is 276 g/mol. The first kappa shape index (κ1) is 13.2. The normalized spacial score (nSPS) is 10.2. The van der Waals surface area contributed by atoms with E-state index in [9.17, 15) is 9.90 Å². The molecule has 5 heteroatoms. The molecule has 0 radical (unpaired) electrons. The number of nitrogen functional groups attached to an aromatic ring is 1. The Morgan fingerprint density at radius 3 is 2.47 bits per heavy atom. The fraction of sp³-hybridized carbons (Fsp3) is 0.0714. The summed E-state index contributed by atoms with van der Waals surface area (Å²) in [5, 5.41) is 9.48. The Hall–Kier alpha value is -2.20. The lowest BCUT2D eigenvalue weighted by Crippen LogP contribution is -2.26. The summed E-state index contributed by atoms with van der Waals surface area (Å²) in [5.41, 5.74) is 7.05. The largest absolute Gasteiger partial charge is 0.508 e. The summed E-state index contributed by atoms with van der Waals surface area (Å²) in [7, 11) is 1.63. The Labute approximate surface area is 116 Å². The molecule has 0 fully saturated rings. The van der Waals surface area contributed by atoms with Gasteiger partial charge in [0.05, 0.1) is 16.3 Å². The number of amides is 1. The van der Waals surface area contributed by atoms with Crippen molar-refractivity contribution in [3.8, 4) is 5.75 Å². The van der Waals surface area contributed by atoms with E-state index in [0.717, 1.165) is 0 Å². The van der Waals surface area contributed by atoms with Crippen LogP contribution in [-0.4, -0.2) is 18.1 Å². The number of aromatic hydroxyl groups is 1. The molecule has 0 saturated heterocycles. The molecule has 0 aliphatic carbocycles. The van der Waals surface area contributed by atoms with E-state index in [-0.39, 0.29) is 16.7 Å². The second kappa shape index (κ2) is 5.20. The van der Waals surface area contributed by atoms with E-state index in [2.05, 4.69) is 0 Å². The number of rotatable bonds is 2. The van der Waals surface area contributed by atoms with Crippen LogP contribution in [0.2, 0.25) is 5.02 Å². The van der Waals surface area contributed by atoms with Gasteiger partial charge in [-0.2, -0.15) is 0 Å². The van der Waals surface area contributed by atoms with E-state index in [1.165, 1.54) is 17.0 Å². The number of nitrogens with two attached hydrogens (primary N) is 1. The maximum atomic E-state index is 12.3. The van der Waals surface area contributed by atoms with E-state index in [1.807, 2.05) is 0 Å². The van der Waals surface area contributed by atoms with Gasteiger partial charge in [0.1, 0.15) is 5.75 Å². The number of benzene rings is 2. The van der Waals surface area contributed by atoms with Crippen molar-refractivity contribution in [1.82, 2.24) is 0 Å². The Kier molecular flexibility index (Phi) is 3.62. The van der Waals surface area contributed by atoms with Crippen molar-refractivity contribution in [3.63, 3.8) is 0 Å². The quantitative estimate of drug-likeness (QED) is 0.829. The Morgan fingerprint density at radius 2 is 1.84 bits per heavy atom. The molecule has 0 aromatic heterocycles. The fourth-order valence-corrected chi connectivity index (χ4v) is 1.90. The highest BCUT2D eigenvalue weighted by atomic mass is 35.5. The maximum absolute atomic E-state index is 12.3. The molecule has 0 heterocycles. The molecule has 1 amide bonds. The highest BCUT2D eigenvalue weighted by molar-refractivity contribution is 6.36. The molecule has 0 aliphatic rings. The zero-order valence-corrected chi connectivity index (χ0v) is 11.1. The third-order valence-electron chi connectivity index (χ3n) is 2.80. The SMILES string of the molecule is CN(C(=O)c1cccc(N)c1Cl)c1ccc(O)cc1. The fourth-order valence-electron chi connectivity index (χ4n) is 1.69. The highest BCUT2D eigenvalue weighted by Crippen LogP contribution is 2.26. The number of anilines is 2. The Balaban J connectivity index is 2.33. The topological polar surface area (TPSA) is 66.6 Å². The molecule has 0 saturated carbocycles. The maximum Gasteiger partial charge on any atom is 0.259 e. The van der Waals surface area contributed by atoms with Gasteiger partial charge in [0.25, 0.3) is 5.91 Å². The van der Waals surface area contributed by atoms with E-state index in [0.29, 0.717) is 16.9 Å². The van der Waals surface area contributed by atoms with Crippen molar-refractivity contribution >= 4 is 28.9 Å². The van der Waals surface area contributed by atoms with Crippen LogP contribution in [0.5, 0.6) is 5.75 Å². The summed E-state index contributed by atoms with van der Waals surface area (Å²) >= 11 is 6.03. The minimum absolute atomic E-state index is 0.145. The molecule has 4 nitrogen and oxygen atoms in total. The lowest BCUT2D eigenvalue weighted by molar-refractivity contribution is 0.0993. The van der Waals surface area contributed by atoms with Crippen molar-refractivity contribution in [2.45, 2.75) is 0 Å². The first-order valence-electron chi connectivity index (χ1n) is 5.62. The first-order valence-corrected chi connectivity index (χ1v) is 5.99. The van der Waals surface area contributed by atoms with Crippen molar-refractivity contribution in [3.05, 3.63) is 53.1 Å². The third-order valence-corrected chi connectivity index (χ3v) is 3.22. The molecule has 2 aromatic rings. The third kappa shape index (κ3) is 2.63. The minimum Gasteiger partial charge on any atom is -0.508 e. The van der Waals surface area contributed by atoms with Gasteiger partial charge in [0.2, 0.25) is 0 Å². The number of halogens is 1. The van der Waals surface area contributed by atoms with Crippen LogP contribution in [0, 0.1) is 0 Å². The highest BCUT2D eigenvalue weighted by Gasteiger charge is 2.17. The van der Waals surface area contributed by atoms with Gasteiger partial charge >= 0.3 is 0 Å². The van der Waals surface area contributed by atoms with Crippen molar-refractivity contribution in [2.24, 2.45) is 0 Å². The molecular formula is C14H13ClN2O2. The predicted molar refractivity (Wildman–Crippen MR) is 76.7 cm³/mol. The molecule has 0 aliphatic heterocycles. The average Bonchev–Trinajstić information content (AvgIpc) is 2.41. The van der Waals surface area contributed by atoms with Crippen LogP contribution in [0.25, 0.3) is 0 Å². The van der Waals surface area contributed by atoms with Gasteiger partial charge in [-0.1, -0.05) is 17.7 Å². The van der Waals surface area contributed by atoms with Crippen molar-refractivity contribution in [2.75, 3.05) is 17.7 Å². The lowest BCUT2D eigenvalue weighted by Gasteiger charge is -2.18. The summed E-state index contributed by atoms with van der Waals surface area (Å²) in [4.78, 5) is 13.8. The zero-order valence-electron chi connectivity index (χ0n) is 10.3. The standard InChI is InChI=1S/C14H13ClN2O2/c1-17(9-5-7-10(18)8-6-9)14(19)11-3-2-4-12(16)13(11)15/h2-8,18H,16H2,1H3. The summed E-state index contributed by atoms with van der Waals surface area (Å²) in [6.45, 7) is 0. The molecule has 98 valence electrons. The van der Waals surface area contributed by atoms with Gasteiger partial charge in [0.15, 0.2) is 0 Å². The number of carbonyl (C=O) groups is 1. The predicted octanol–water partition coefficient (Wildman–Crippen LogP) is 2.90. The number of phenols is 1. The van der Waals surface area contributed by atoms with Crippen LogP contribution in [0.4, 0.5) is 11.4 Å². The van der Waals surface area contributed by atoms with Crippen LogP contribution < -0.4 is 10.6 Å². The molecule has 3 N–H and O–H groups in total. The van der Waals surface area contributed by atoms with Crippen LogP contribution in [0.1, 0.15) is 10.4 Å². The molecule has 0 unspecified atom stereocenters. The van der Waals surface area contributed by atoms with Crippen LogP contribution in [0.15, 0.2) is 42.5 Å². The molecule has 0 atom stereocenters. The van der Waals surface area contributed by atoms with Gasteiger partial charge in [-0.05, 0) is 36.4 Å². The van der Waals surface area contributed by atoms with E-state index >= 15 is 0 Å². The van der Waals surface area contributed by atoms with Crippen LogP contribution in [-0.2, 0) is 0 Å². The number of hydrogen-bond acceptors (Lipinski definition) is 3. The zero-order chi connectivity index (χ0) is 14.0. The van der Waals surface area contributed by atoms with E-state index in [4.69, 9.17) is 17.3 Å². The Morgan fingerprint density at radius 1 is 1.21 bits per heavy atom. The average molecular weight is 277 g/mol. The molecule has 2 rings (SSSR count). The lowest BCUT2D eigenvalue weighted by atomic mass is 10.1. The number of hydrogen-bond donors (Lipinski definition) is 2. The van der Waals surface area contributed by atoms with E-state index < -0.39 is 0 Å².